The Morgan fingerprint density at radius 2 is 0.422 bits per heavy atom. The third kappa shape index (κ3) is 37.7. The molecule has 11 N–H and O–H groups in total. The van der Waals surface area contributed by atoms with Gasteiger partial charge in [0.15, 0.2) is 0 Å². The number of rotatable bonds is 46. The second-order valence-electron chi connectivity index (χ2n) is 32.2. The van der Waals surface area contributed by atoms with Crippen LogP contribution in [0.4, 0.5) is 13.2 Å². The number of carbonyl (C=O) groups is 12. The third-order valence-corrected chi connectivity index (χ3v) is 16.2. The summed E-state index contributed by atoms with van der Waals surface area (Å²) >= 11 is 0. The summed E-state index contributed by atoms with van der Waals surface area (Å²) < 4.78 is 45.6. The Bertz CT molecular complexity index is 2830. The highest BCUT2D eigenvalue weighted by molar-refractivity contribution is 5.99. The zero-order valence-corrected chi connectivity index (χ0v) is 65.0. The average Bonchev–Trinajstić information content (AvgIpc) is 0.862. The molecule has 0 fully saturated rings. The number of ether oxygens (including phenoxy) is 1. The number of carbonyl (C=O) groups excluding carboxylic acids is 12. The van der Waals surface area contributed by atoms with E-state index in [1.165, 1.54) is 0 Å². The highest BCUT2D eigenvalue weighted by Gasteiger charge is 2.43. The van der Waals surface area contributed by atoms with Gasteiger partial charge in [-0.2, -0.15) is 13.2 Å². The van der Waals surface area contributed by atoms with Crippen molar-refractivity contribution in [3.63, 3.8) is 0 Å². The molecule has 0 radical (unpaired) electrons. The summed E-state index contributed by atoms with van der Waals surface area (Å²) in [7, 11) is 0. The number of hydrogen-bond acceptors (Lipinski definition) is 13. The Labute approximate surface area is 605 Å². The number of nitrogens with one attached hydrogen (secondary N) is 11. The molecule has 24 nitrogen and oxygen atoms in total. The minimum absolute atomic E-state index is 0.00221. The number of amides is 11. The molecule has 0 spiro atoms. The van der Waals surface area contributed by atoms with Crippen LogP contribution < -0.4 is 58.5 Å². The normalized spacial score (nSPS) is 15.2. The van der Waals surface area contributed by atoms with Gasteiger partial charge in [-0.1, -0.05) is 183 Å². The molecule has 11 atom stereocenters. The number of alkyl halides is 3. The molecule has 1 rings (SSSR count). The largest absolute Gasteiger partial charge is 0.471 e. The molecule has 0 aliphatic heterocycles. The topological polar surface area (TPSA) is 346 Å². The maximum absolute atomic E-state index is 14.7. The van der Waals surface area contributed by atoms with Crippen molar-refractivity contribution in [3.05, 3.63) is 35.9 Å². The minimum atomic E-state index is -5.28. The van der Waals surface area contributed by atoms with E-state index in [9.17, 15) is 70.7 Å². The zero-order valence-electron chi connectivity index (χ0n) is 65.0. The highest BCUT2D eigenvalue weighted by Crippen LogP contribution is 2.20. The Kier molecular flexibility index (Phi) is 41.5. The van der Waals surface area contributed by atoms with Gasteiger partial charge in [0.05, 0.1) is 0 Å². The third-order valence-electron chi connectivity index (χ3n) is 16.2. The summed E-state index contributed by atoms with van der Waals surface area (Å²) in [5.74, 6) is -12.5. The van der Waals surface area contributed by atoms with E-state index < -0.39 is 144 Å². The molecular weight excluding hydrogens is 1320 g/mol. The maximum atomic E-state index is 14.7. The molecule has 11 amide bonds. The molecule has 582 valence electrons. The predicted molar refractivity (Wildman–Crippen MR) is 388 cm³/mol. The first-order valence-corrected chi connectivity index (χ1v) is 36.8. The van der Waals surface area contributed by atoms with Gasteiger partial charge in [-0.15, -0.1) is 0 Å². The maximum Gasteiger partial charge on any atom is 0.471 e. The van der Waals surface area contributed by atoms with E-state index >= 15 is 0 Å². The van der Waals surface area contributed by atoms with Crippen molar-refractivity contribution in [2.75, 3.05) is 0 Å². The molecule has 0 aliphatic carbocycles. The van der Waals surface area contributed by atoms with Crippen LogP contribution in [-0.4, -0.2) is 144 Å². The summed E-state index contributed by atoms with van der Waals surface area (Å²) in [4.78, 5) is 169. The first-order valence-electron chi connectivity index (χ1n) is 36.8. The van der Waals surface area contributed by atoms with E-state index in [0.29, 0.717) is 0 Å². The fraction of sp³-hybridized carbons (Fsp3) is 0.760. The van der Waals surface area contributed by atoms with E-state index in [2.05, 4.69) is 53.2 Å². The fourth-order valence-electron chi connectivity index (χ4n) is 11.5. The number of benzene rings is 1. The van der Waals surface area contributed by atoms with Crippen molar-refractivity contribution >= 4 is 70.9 Å². The van der Waals surface area contributed by atoms with Gasteiger partial charge >= 0.3 is 18.1 Å². The molecule has 1 aromatic carbocycles. The van der Waals surface area contributed by atoms with Crippen LogP contribution in [0.3, 0.4) is 0 Å². The summed E-state index contributed by atoms with van der Waals surface area (Å²) in [6.07, 6.45) is -4.41. The Balaban J connectivity index is 3.60. The summed E-state index contributed by atoms with van der Waals surface area (Å²) in [5.41, 5.74) is 0.768. The van der Waals surface area contributed by atoms with Crippen LogP contribution in [0.25, 0.3) is 0 Å². The molecule has 0 bridgehead atoms. The second-order valence-corrected chi connectivity index (χ2v) is 32.2. The average molecular weight is 1450 g/mol. The van der Waals surface area contributed by atoms with E-state index in [4.69, 9.17) is 4.74 Å². The van der Waals surface area contributed by atoms with Crippen LogP contribution in [0.2, 0.25) is 0 Å². The first-order chi connectivity index (χ1) is 47.2. The van der Waals surface area contributed by atoms with Crippen molar-refractivity contribution in [1.82, 2.24) is 58.5 Å². The van der Waals surface area contributed by atoms with Gasteiger partial charge in [0.2, 0.25) is 59.1 Å². The van der Waals surface area contributed by atoms with Gasteiger partial charge in [-0.25, -0.2) is 4.79 Å². The summed E-state index contributed by atoms with van der Waals surface area (Å²) in [6, 6.07) is -4.79. The Hall–Kier alpha value is -7.35. The monoisotopic (exact) mass is 1450 g/mol. The van der Waals surface area contributed by atoms with Crippen molar-refractivity contribution in [2.45, 2.75) is 302 Å². The van der Waals surface area contributed by atoms with E-state index in [0.717, 1.165) is 5.56 Å². The van der Waals surface area contributed by atoms with E-state index in [1.54, 1.807) is 46.9 Å². The minimum Gasteiger partial charge on any atom is -0.459 e. The van der Waals surface area contributed by atoms with Crippen LogP contribution in [0.5, 0.6) is 0 Å². The Morgan fingerprint density at radius 1 is 0.265 bits per heavy atom. The molecule has 1 aromatic rings. The molecule has 0 aliphatic rings. The number of halogens is 3. The van der Waals surface area contributed by atoms with Gasteiger partial charge in [0.25, 0.3) is 0 Å². The molecular formula is C75H128F3N11O13. The van der Waals surface area contributed by atoms with Crippen LogP contribution in [0.15, 0.2) is 30.3 Å². The highest BCUT2D eigenvalue weighted by atomic mass is 19.4. The molecule has 0 unspecified atom stereocenters. The first kappa shape index (κ1) is 92.7. The van der Waals surface area contributed by atoms with Crippen LogP contribution in [0, 0.1) is 65.1 Å². The van der Waals surface area contributed by atoms with E-state index in [1.807, 2.05) is 141 Å². The molecule has 102 heavy (non-hydrogen) atoms. The van der Waals surface area contributed by atoms with Gasteiger partial charge in [0.1, 0.15) is 73.1 Å². The smallest absolute Gasteiger partial charge is 0.459 e. The molecule has 0 saturated carbocycles. The zero-order chi connectivity index (χ0) is 78.2. The van der Waals surface area contributed by atoms with Crippen molar-refractivity contribution in [1.29, 1.82) is 0 Å². The van der Waals surface area contributed by atoms with Crippen LogP contribution in [-0.2, 0) is 68.9 Å². The lowest BCUT2D eigenvalue weighted by atomic mass is 9.97. The van der Waals surface area contributed by atoms with Crippen LogP contribution in [0.1, 0.15) is 229 Å². The molecule has 0 aromatic heterocycles. The van der Waals surface area contributed by atoms with Crippen molar-refractivity contribution < 1.29 is 75.4 Å². The Morgan fingerprint density at radius 3 is 0.588 bits per heavy atom. The quantitative estimate of drug-likeness (QED) is 0.0275. The standard InChI is InChI=1S/C75H128F3N11O13/c1-40(2)28-52(79-64(91)53(29-41(3)4)81-66(93)55(31-43(7)8)83-68(95)57(33-45(11)12)85-70(97)59(35-47(15)16)87-72(99)61(37-49(19)20)89-74(101)75(76,77)78)63(90)80-54(30-42(5)6)65(92)82-56(32-44(9)10)67(94)84-58(34-46(13)14)69(96)86-60(36-48(17)18)71(98)88-62(38-50(21)22)73(100)102-39-51-26-24-23-25-27-51/h23-27,40-50,52-62H,28-39H2,1-22H3,(H,79,91)(H,80,90)(H,81,93)(H,82,92)(H,83,95)(H,84,94)(H,85,97)(H,86,96)(H,87,99)(H,88,98)(H,89,101)/t52-,53-,54-,55-,56-,57-,58-,59-,60-,61-,62-/m0/s1. The SMILES string of the molecule is CC(C)C[C@H](NC(=O)[C@H](CC(C)C)NC(=O)[C@H](CC(C)C)NC(=O)[C@H](CC(C)C)NC(=O)[C@H](CC(C)C)NC(=O)[C@H](CC(C)C)NC(=O)C(F)(F)F)C(=O)N[C@@H](CC(C)C)C(=O)N[C@@H](CC(C)C)C(=O)N[C@@H](CC(C)C)C(=O)N[C@@H](CC(C)C)C(=O)N[C@@H](CC(C)C)C(=O)OCc1ccccc1. The van der Waals surface area contributed by atoms with Gasteiger partial charge in [-0.05, 0) is 141 Å². The lowest BCUT2D eigenvalue weighted by Gasteiger charge is -2.30. The summed E-state index contributed by atoms with van der Waals surface area (Å²) in [5, 5.41) is 29.5. The number of esters is 1. The van der Waals surface area contributed by atoms with Crippen molar-refractivity contribution in [3.8, 4) is 0 Å². The van der Waals surface area contributed by atoms with Gasteiger partial charge in [0, 0.05) is 0 Å². The second kappa shape index (κ2) is 45.7. The predicted octanol–water partition coefficient (Wildman–Crippen LogP) is 8.13. The molecule has 0 saturated heterocycles. The lowest BCUT2D eigenvalue weighted by Crippen LogP contribution is -2.61. The van der Waals surface area contributed by atoms with E-state index in [-0.39, 0.29) is 142 Å². The fourth-order valence-corrected chi connectivity index (χ4v) is 11.5. The number of hydrogen-bond donors (Lipinski definition) is 11. The molecule has 0 heterocycles. The van der Waals surface area contributed by atoms with Gasteiger partial charge in [-0.3, -0.25) is 52.7 Å². The van der Waals surface area contributed by atoms with Crippen LogP contribution >= 0.6 is 0 Å². The van der Waals surface area contributed by atoms with Gasteiger partial charge < -0.3 is 63.2 Å². The lowest BCUT2D eigenvalue weighted by molar-refractivity contribution is -0.174. The van der Waals surface area contributed by atoms with Crippen molar-refractivity contribution in [2.24, 2.45) is 65.1 Å². The molecule has 27 heteroatoms. The summed E-state index contributed by atoms with van der Waals surface area (Å²) in [6.45, 7) is 39.9.